The van der Waals surface area contributed by atoms with Gasteiger partial charge in [-0.3, -0.25) is 0 Å². The summed E-state index contributed by atoms with van der Waals surface area (Å²) in [5.74, 6) is 0. The summed E-state index contributed by atoms with van der Waals surface area (Å²) >= 11 is 5.29. The molecule has 0 amide bonds. The molecule has 0 saturated carbocycles. The van der Waals surface area contributed by atoms with E-state index in [1.807, 2.05) is 6.92 Å². The van der Waals surface area contributed by atoms with Gasteiger partial charge < -0.3 is 0 Å². The van der Waals surface area contributed by atoms with E-state index in [0.717, 1.165) is 4.13 Å². The van der Waals surface area contributed by atoms with Gasteiger partial charge in [0.25, 0.3) is 0 Å². The average Bonchev–Trinajstić information content (AvgIpc) is 1.65. The molecule has 2 radical (unpaired) electrons. The fraction of sp³-hybridized carbons (Fsp3) is 1.00. The number of hydrogen-bond acceptors (Lipinski definition) is 2. The van der Waals surface area contributed by atoms with Crippen LogP contribution in [0, 0.1) is 0 Å². The molecule has 1 N–H and O–H groups in total. The Hall–Kier alpha value is 1.19. The quantitative estimate of drug-likeness (QED) is 0.553. The van der Waals surface area contributed by atoms with Crippen LogP contribution in [0.4, 0.5) is 0 Å². The molecule has 2 atom stereocenters. The van der Waals surface area contributed by atoms with Gasteiger partial charge in [0.05, 0.1) is 0 Å². The Kier molecular flexibility index (Phi) is 4.81. The first kappa shape index (κ1) is 8.19. The predicted octanol–water partition coefficient (Wildman–Crippen LogP) is 0.252. The maximum absolute atomic E-state index is 8.89. The molecule has 0 saturated heterocycles. The summed E-state index contributed by atoms with van der Waals surface area (Å²) in [5, 5.41) is 9.03. The monoisotopic (exact) mass is 314 g/mol. The summed E-state index contributed by atoms with van der Waals surface area (Å²) in [7, 11) is 0. The zero-order chi connectivity index (χ0) is 5.86. The van der Waals surface area contributed by atoms with Crippen LogP contribution in [0.5, 0.6) is 0 Å². The first-order valence-electron chi connectivity index (χ1n) is 2.15. The fourth-order valence-electron chi connectivity index (χ4n) is 0.153. The summed E-state index contributed by atoms with van der Waals surface area (Å²) in [4.78, 5) is 0. The zero-order valence-electron chi connectivity index (χ0n) is 4.20. The van der Waals surface area contributed by atoms with Crippen LogP contribution in [0.2, 0.25) is 4.13 Å². The molecule has 0 aromatic carbocycles. The molecular formula is C4H9BiOS. The van der Waals surface area contributed by atoms with E-state index in [1.165, 1.54) is 24.7 Å². The van der Waals surface area contributed by atoms with E-state index in [-0.39, 0.29) is 11.4 Å². The molecule has 0 fully saturated rings. The predicted molar refractivity (Wildman–Crippen MR) is 35.0 cm³/mol. The molecule has 0 heterocycles. The van der Waals surface area contributed by atoms with Crippen molar-refractivity contribution in [3.05, 3.63) is 0 Å². The van der Waals surface area contributed by atoms with Crippen molar-refractivity contribution in [1.82, 2.24) is 0 Å². The van der Waals surface area contributed by atoms with Crippen LogP contribution in [0.25, 0.3) is 0 Å². The van der Waals surface area contributed by atoms with Gasteiger partial charge in [-0.15, -0.1) is 0 Å². The molecule has 0 aliphatic heterocycles. The van der Waals surface area contributed by atoms with E-state index < -0.39 is 0 Å². The summed E-state index contributed by atoms with van der Waals surface area (Å²) < 4.78 is 0.907. The second-order valence-corrected chi connectivity index (χ2v) is 3.72. The Morgan fingerprint density at radius 1 is 1.86 bits per heavy atom. The molecule has 7 heavy (non-hydrogen) atoms. The molecule has 42 valence electrons. The van der Waals surface area contributed by atoms with Crippen LogP contribution in [0.15, 0.2) is 0 Å². The molecule has 0 aliphatic rings. The number of aliphatic hydroxyl groups is 1. The zero-order valence-corrected chi connectivity index (χ0v) is 8.57. The van der Waals surface area contributed by atoms with Crippen LogP contribution in [0.3, 0.4) is 0 Å². The van der Waals surface area contributed by atoms with E-state index in [0.29, 0.717) is 0 Å². The van der Waals surface area contributed by atoms with Gasteiger partial charge in [0.1, 0.15) is 0 Å². The third kappa shape index (κ3) is 3.75. The van der Waals surface area contributed by atoms with E-state index in [9.17, 15) is 0 Å². The van der Waals surface area contributed by atoms with E-state index in [1.54, 1.807) is 0 Å². The fourth-order valence-corrected chi connectivity index (χ4v) is 2.17. The van der Waals surface area contributed by atoms with Crippen LogP contribution in [-0.2, 0) is 0 Å². The van der Waals surface area contributed by atoms with Crippen molar-refractivity contribution in [2.24, 2.45) is 0 Å². The molecule has 0 aromatic rings. The second kappa shape index (κ2) is 4.11. The summed E-state index contributed by atoms with van der Waals surface area (Å²) in [5.41, 5.74) is 0. The Labute approximate surface area is 64.8 Å². The standard InChI is InChI=1S/C4H9OS.Bi/c1-3(5)4(2)6;/h3-6H,1H2,2H3;. The number of thiol groups is 1. The van der Waals surface area contributed by atoms with Crippen LogP contribution in [-0.4, -0.2) is 41.2 Å². The molecule has 3 heteroatoms. The van der Waals surface area contributed by atoms with Gasteiger partial charge in [-0.2, -0.15) is 0 Å². The van der Waals surface area contributed by atoms with Gasteiger partial charge in [-0.1, -0.05) is 0 Å². The minimum absolute atomic E-state index is 0.144. The Morgan fingerprint density at radius 2 is 2.29 bits per heavy atom. The third-order valence-corrected chi connectivity index (χ3v) is 2.54. The van der Waals surface area contributed by atoms with E-state index in [4.69, 9.17) is 5.11 Å². The number of rotatable bonds is 2. The van der Waals surface area contributed by atoms with Crippen LogP contribution in [0.1, 0.15) is 6.92 Å². The summed E-state index contributed by atoms with van der Waals surface area (Å²) in [6.07, 6.45) is -0.184. The van der Waals surface area contributed by atoms with Crippen molar-refractivity contribution >= 4 is 37.3 Å². The van der Waals surface area contributed by atoms with Crippen molar-refractivity contribution < 1.29 is 5.11 Å². The number of hydrogen-bond donors (Lipinski definition) is 2. The van der Waals surface area contributed by atoms with Crippen molar-refractivity contribution in [3.8, 4) is 0 Å². The molecule has 0 aliphatic carbocycles. The summed E-state index contributed by atoms with van der Waals surface area (Å²) in [6.45, 7) is 1.90. The van der Waals surface area contributed by atoms with Gasteiger partial charge in [-0.25, -0.2) is 0 Å². The van der Waals surface area contributed by atoms with Gasteiger partial charge in [0.15, 0.2) is 0 Å². The maximum atomic E-state index is 8.89. The first-order chi connectivity index (χ1) is 3.18. The average molecular weight is 314 g/mol. The van der Waals surface area contributed by atoms with Crippen molar-refractivity contribution in [2.75, 3.05) is 0 Å². The Morgan fingerprint density at radius 3 is 2.29 bits per heavy atom. The van der Waals surface area contributed by atoms with Crippen molar-refractivity contribution in [2.45, 2.75) is 22.4 Å². The molecular weight excluding hydrogens is 305 g/mol. The number of aliphatic hydroxyl groups excluding tert-OH is 1. The Bertz CT molecular complexity index is 49.0. The molecule has 0 bridgehead atoms. The van der Waals surface area contributed by atoms with Gasteiger partial charge in [-0.05, 0) is 0 Å². The minimum atomic E-state index is -0.184. The molecule has 1 nitrogen and oxygen atoms in total. The molecule has 0 aromatic heterocycles. The van der Waals surface area contributed by atoms with Gasteiger partial charge in [0, 0.05) is 0 Å². The SMILES string of the molecule is CC(S)C(O)[CH2][Bi]. The second-order valence-electron chi connectivity index (χ2n) is 1.49. The molecule has 0 rings (SSSR count). The van der Waals surface area contributed by atoms with E-state index >= 15 is 0 Å². The van der Waals surface area contributed by atoms with Crippen molar-refractivity contribution in [1.29, 1.82) is 0 Å². The van der Waals surface area contributed by atoms with Crippen LogP contribution >= 0.6 is 12.6 Å². The summed E-state index contributed by atoms with van der Waals surface area (Å²) in [6, 6.07) is 0. The van der Waals surface area contributed by atoms with Gasteiger partial charge >= 0.3 is 64.9 Å². The normalized spacial score (nSPS) is 18.9. The topological polar surface area (TPSA) is 20.2 Å². The van der Waals surface area contributed by atoms with Crippen LogP contribution < -0.4 is 0 Å². The first-order valence-corrected chi connectivity index (χ1v) is 5.13. The third-order valence-electron chi connectivity index (χ3n) is 0.744. The van der Waals surface area contributed by atoms with Gasteiger partial charge in [0.2, 0.25) is 0 Å². The van der Waals surface area contributed by atoms with Crippen molar-refractivity contribution in [3.63, 3.8) is 0 Å². The molecule has 0 spiro atoms. The molecule has 2 unspecified atom stereocenters. The Balaban J connectivity index is 3.14. The van der Waals surface area contributed by atoms with E-state index in [2.05, 4.69) is 12.6 Å².